The molecule has 0 saturated heterocycles. The van der Waals surface area contributed by atoms with Crippen LogP contribution in [0.15, 0.2) is 6.07 Å². The van der Waals surface area contributed by atoms with Crippen molar-refractivity contribution in [3.05, 3.63) is 17.3 Å². The summed E-state index contributed by atoms with van der Waals surface area (Å²) >= 11 is 0. The number of pyridine rings is 1. The molecule has 0 unspecified atom stereocenters. The number of ether oxygens (including phenoxy) is 1. The highest BCUT2D eigenvalue weighted by Crippen LogP contribution is 2.29. The number of halogens is 2. The van der Waals surface area contributed by atoms with Gasteiger partial charge in [0.1, 0.15) is 5.82 Å². The first-order chi connectivity index (χ1) is 7.45. The van der Waals surface area contributed by atoms with Crippen molar-refractivity contribution >= 4 is 17.5 Å². The third kappa shape index (κ3) is 2.56. The highest BCUT2D eigenvalue weighted by Gasteiger charge is 2.20. The Bertz CT molecular complexity index is 410. The van der Waals surface area contributed by atoms with Gasteiger partial charge in [-0.15, -0.1) is 0 Å². The SMILES string of the molecule is COC(=O)Cc1nc(N)cc(N)c1C(F)F. The van der Waals surface area contributed by atoms with Gasteiger partial charge < -0.3 is 16.2 Å². The Morgan fingerprint density at radius 1 is 1.56 bits per heavy atom. The Kier molecular flexibility index (Phi) is 3.60. The van der Waals surface area contributed by atoms with E-state index in [1.807, 2.05) is 0 Å². The number of carbonyl (C=O) groups excluding carboxylic acids is 1. The Hall–Kier alpha value is -1.92. The number of alkyl halides is 2. The van der Waals surface area contributed by atoms with Crippen LogP contribution in [-0.4, -0.2) is 18.1 Å². The number of rotatable bonds is 3. The van der Waals surface area contributed by atoms with Crippen LogP contribution in [0.25, 0.3) is 0 Å². The van der Waals surface area contributed by atoms with Gasteiger partial charge in [-0.3, -0.25) is 4.79 Å². The molecule has 7 heteroatoms. The zero-order chi connectivity index (χ0) is 12.3. The van der Waals surface area contributed by atoms with Gasteiger partial charge in [0.05, 0.1) is 24.8 Å². The summed E-state index contributed by atoms with van der Waals surface area (Å²) in [6.07, 6.45) is -3.20. The molecule has 1 aromatic rings. The van der Waals surface area contributed by atoms with E-state index in [2.05, 4.69) is 9.72 Å². The van der Waals surface area contributed by atoms with Crippen LogP contribution in [0.1, 0.15) is 17.7 Å². The maximum absolute atomic E-state index is 12.7. The van der Waals surface area contributed by atoms with Crippen LogP contribution in [0, 0.1) is 0 Å². The van der Waals surface area contributed by atoms with Gasteiger partial charge in [-0.25, -0.2) is 13.8 Å². The predicted octanol–water partition coefficient (Wildman–Crippen LogP) is 0.899. The lowest BCUT2D eigenvalue weighted by molar-refractivity contribution is -0.139. The van der Waals surface area contributed by atoms with Crippen molar-refractivity contribution in [3.8, 4) is 0 Å². The van der Waals surface area contributed by atoms with Crippen LogP contribution < -0.4 is 11.5 Å². The van der Waals surface area contributed by atoms with Crippen molar-refractivity contribution in [2.45, 2.75) is 12.8 Å². The number of carbonyl (C=O) groups is 1. The minimum atomic E-state index is -2.81. The molecule has 88 valence electrons. The first-order valence-electron chi connectivity index (χ1n) is 4.35. The number of methoxy groups -OCH3 is 1. The fourth-order valence-electron chi connectivity index (χ4n) is 1.25. The first kappa shape index (κ1) is 12.2. The standard InChI is InChI=1S/C9H11F2N3O2/c1-16-7(15)3-5-8(9(10)11)4(12)2-6(13)14-5/h2,9H,3H2,1H3,(H4,12,13,14). The lowest BCUT2D eigenvalue weighted by atomic mass is 10.1. The molecule has 0 aromatic carbocycles. The van der Waals surface area contributed by atoms with Crippen LogP contribution in [-0.2, 0) is 16.0 Å². The third-order valence-electron chi connectivity index (χ3n) is 1.95. The summed E-state index contributed by atoms with van der Waals surface area (Å²) in [5.74, 6) is -0.694. The number of nitrogens with two attached hydrogens (primary N) is 2. The van der Waals surface area contributed by atoms with E-state index in [4.69, 9.17) is 11.5 Å². The minimum Gasteiger partial charge on any atom is -0.469 e. The van der Waals surface area contributed by atoms with Crippen molar-refractivity contribution in [1.82, 2.24) is 4.98 Å². The molecule has 0 bridgehead atoms. The van der Waals surface area contributed by atoms with Crippen molar-refractivity contribution in [1.29, 1.82) is 0 Å². The molecule has 5 nitrogen and oxygen atoms in total. The topological polar surface area (TPSA) is 91.2 Å². The van der Waals surface area contributed by atoms with Gasteiger partial charge in [0.15, 0.2) is 0 Å². The summed E-state index contributed by atoms with van der Waals surface area (Å²) in [6, 6.07) is 1.13. The second kappa shape index (κ2) is 4.73. The molecule has 0 saturated carbocycles. The number of hydrogen-bond acceptors (Lipinski definition) is 5. The number of aromatic nitrogens is 1. The number of esters is 1. The van der Waals surface area contributed by atoms with E-state index >= 15 is 0 Å². The van der Waals surface area contributed by atoms with E-state index in [1.54, 1.807) is 0 Å². The molecule has 0 amide bonds. The van der Waals surface area contributed by atoms with E-state index < -0.39 is 18.0 Å². The summed E-state index contributed by atoms with van der Waals surface area (Å²) < 4.78 is 29.7. The summed E-state index contributed by atoms with van der Waals surface area (Å²) in [5, 5.41) is 0. The van der Waals surface area contributed by atoms with Crippen LogP contribution in [0.4, 0.5) is 20.3 Å². The summed E-state index contributed by atoms with van der Waals surface area (Å²) in [6.45, 7) is 0. The first-order valence-corrected chi connectivity index (χ1v) is 4.35. The molecule has 4 N–H and O–H groups in total. The largest absolute Gasteiger partial charge is 0.469 e. The fourth-order valence-corrected chi connectivity index (χ4v) is 1.25. The highest BCUT2D eigenvalue weighted by atomic mass is 19.3. The zero-order valence-electron chi connectivity index (χ0n) is 8.54. The van der Waals surface area contributed by atoms with E-state index in [0.29, 0.717) is 0 Å². The van der Waals surface area contributed by atoms with Crippen molar-refractivity contribution < 1.29 is 18.3 Å². The Morgan fingerprint density at radius 2 is 2.19 bits per heavy atom. The van der Waals surface area contributed by atoms with E-state index in [1.165, 1.54) is 0 Å². The maximum Gasteiger partial charge on any atom is 0.311 e. The van der Waals surface area contributed by atoms with Crippen molar-refractivity contribution in [3.63, 3.8) is 0 Å². The zero-order valence-corrected chi connectivity index (χ0v) is 8.54. The van der Waals surface area contributed by atoms with Crippen LogP contribution in [0.2, 0.25) is 0 Å². The molecular weight excluding hydrogens is 220 g/mol. The average molecular weight is 231 g/mol. The summed E-state index contributed by atoms with van der Waals surface area (Å²) in [4.78, 5) is 14.6. The van der Waals surface area contributed by atoms with Crippen LogP contribution in [0.3, 0.4) is 0 Å². The lowest BCUT2D eigenvalue weighted by Gasteiger charge is -2.10. The van der Waals surface area contributed by atoms with Crippen LogP contribution in [0.5, 0.6) is 0 Å². The monoisotopic (exact) mass is 231 g/mol. The lowest BCUT2D eigenvalue weighted by Crippen LogP contribution is -2.12. The summed E-state index contributed by atoms with van der Waals surface area (Å²) in [5.41, 5.74) is 9.94. The second-order valence-corrected chi connectivity index (χ2v) is 3.05. The molecule has 0 fully saturated rings. The molecule has 1 heterocycles. The molecule has 16 heavy (non-hydrogen) atoms. The number of nitrogen functional groups attached to an aromatic ring is 2. The molecule has 0 spiro atoms. The van der Waals surface area contributed by atoms with Gasteiger partial charge >= 0.3 is 5.97 Å². The molecule has 1 aromatic heterocycles. The minimum absolute atomic E-state index is 0.0131. The van der Waals surface area contributed by atoms with Crippen molar-refractivity contribution in [2.24, 2.45) is 0 Å². The number of hydrogen-bond donors (Lipinski definition) is 2. The third-order valence-corrected chi connectivity index (χ3v) is 1.95. The molecule has 0 radical (unpaired) electrons. The second-order valence-electron chi connectivity index (χ2n) is 3.05. The van der Waals surface area contributed by atoms with Gasteiger partial charge in [0.2, 0.25) is 0 Å². The van der Waals surface area contributed by atoms with Crippen LogP contribution >= 0.6 is 0 Å². The quantitative estimate of drug-likeness (QED) is 0.754. The van der Waals surface area contributed by atoms with Gasteiger partial charge in [-0.1, -0.05) is 0 Å². The molecule has 0 aliphatic rings. The molecule has 0 atom stereocenters. The smallest absolute Gasteiger partial charge is 0.311 e. The van der Waals surface area contributed by atoms with Gasteiger partial charge in [-0.2, -0.15) is 0 Å². The maximum atomic E-state index is 12.7. The summed E-state index contributed by atoms with van der Waals surface area (Å²) in [7, 11) is 1.15. The van der Waals surface area contributed by atoms with Gasteiger partial charge in [-0.05, 0) is 0 Å². The number of anilines is 2. The molecular formula is C9H11F2N3O2. The Labute approximate surface area is 90.4 Å². The molecule has 0 aliphatic carbocycles. The normalized spacial score (nSPS) is 10.5. The predicted molar refractivity (Wildman–Crippen MR) is 53.7 cm³/mol. The molecule has 0 aliphatic heterocycles. The van der Waals surface area contributed by atoms with E-state index in [0.717, 1.165) is 13.2 Å². The highest BCUT2D eigenvalue weighted by molar-refractivity contribution is 5.73. The Balaban J connectivity index is 3.18. The fraction of sp³-hybridized carbons (Fsp3) is 0.333. The number of nitrogens with zero attached hydrogens (tertiary/aromatic N) is 1. The van der Waals surface area contributed by atoms with Gasteiger partial charge in [0, 0.05) is 11.8 Å². The Morgan fingerprint density at radius 3 is 2.69 bits per heavy atom. The van der Waals surface area contributed by atoms with E-state index in [-0.39, 0.29) is 23.6 Å². The van der Waals surface area contributed by atoms with Crippen molar-refractivity contribution in [2.75, 3.05) is 18.6 Å². The van der Waals surface area contributed by atoms with E-state index in [9.17, 15) is 13.6 Å². The average Bonchev–Trinajstić information content (AvgIpc) is 2.15. The molecule has 1 rings (SSSR count). The van der Waals surface area contributed by atoms with Gasteiger partial charge in [0.25, 0.3) is 6.43 Å².